The van der Waals surface area contributed by atoms with E-state index in [1.54, 1.807) is 0 Å². The lowest BCUT2D eigenvalue weighted by Gasteiger charge is -2.34. The topological polar surface area (TPSA) is 32.8 Å². The number of hydrogen-bond donors (Lipinski definition) is 0. The molecule has 0 saturated carbocycles. The molecule has 0 unspecified atom stereocenters. The number of piperazine rings is 1. The van der Waals surface area contributed by atoms with Crippen LogP contribution >= 0.6 is 0 Å². The molecule has 0 atom stereocenters. The number of ether oxygens (including phenoxy) is 1. The molecule has 0 aromatic heterocycles. The zero-order valence-electron chi connectivity index (χ0n) is 11.4. The molecule has 4 heteroatoms. The van der Waals surface area contributed by atoms with Gasteiger partial charge in [-0.2, -0.15) is 0 Å². The standard InChI is InChI=1S/C13H26N2O2/c1-4-9-17-13(16)11-15-7-5-14(6-8-15)10-12(2)3/h12H,4-11H2,1-3H3. The van der Waals surface area contributed by atoms with E-state index in [-0.39, 0.29) is 5.97 Å². The molecule has 1 fully saturated rings. The van der Waals surface area contributed by atoms with Crippen molar-refractivity contribution in [3.05, 3.63) is 0 Å². The van der Waals surface area contributed by atoms with E-state index in [9.17, 15) is 4.79 Å². The molecule has 0 aliphatic carbocycles. The molecular weight excluding hydrogens is 216 g/mol. The van der Waals surface area contributed by atoms with E-state index >= 15 is 0 Å². The van der Waals surface area contributed by atoms with E-state index in [1.807, 2.05) is 6.92 Å². The van der Waals surface area contributed by atoms with Crippen molar-refractivity contribution in [2.75, 3.05) is 45.9 Å². The van der Waals surface area contributed by atoms with Crippen LogP contribution in [0.4, 0.5) is 0 Å². The molecule has 1 saturated heterocycles. The van der Waals surface area contributed by atoms with E-state index in [1.165, 1.54) is 0 Å². The minimum atomic E-state index is -0.0795. The van der Waals surface area contributed by atoms with Crippen molar-refractivity contribution in [1.29, 1.82) is 0 Å². The summed E-state index contributed by atoms with van der Waals surface area (Å²) in [4.78, 5) is 16.1. The Hall–Kier alpha value is -0.610. The molecule has 100 valence electrons. The third kappa shape index (κ3) is 6.03. The van der Waals surface area contributed by atoms with Crippen LogP contribution in [-0.2, 0) is 9.53 Å². The van der Waals surface area contributed by atoms with Gasteiger partial charge in [-0.05, 0) is 12.3 Å². The average Bonchev–Trinajstić information content (AvgIpc) is 2.28. The molecular formula is C13H26N2O2. The highest BCUT2D eigenvalue weighted by atomic mass is 16.5. The molecule has 0 bridgehead atoms. The van der Waals surface area contributed by atoms with E-state index < -0.39 is 0 Å². The van der Waals surface area contributed by atoms with Crippen LogP contribution in [0.2, 0.25) is 0 Å². The lowest BCUT2D eigenvalue weighted by atomic mass is 10.2. The minimum Gasteiger partial charge on any atom is -0.465 e. The van der Waals surface area contributed by atoms with Crippen LogP contribution in [0.3, 0.4) is 0 Å². The summed E-state index contributed by atoms with van der Waals surface area (Å²) in [5.41, 5.74) is 0. The lowest BCUT2D eigenvalue weighted by Crippen LogP contribution is -2.48. The number of hydrogen-bond acceptors (Lipinski definition) is 4. The van der Waals surface area contributed by atoms with E-state index in [0.717, 1.165) is 45.1 Å². The predicted octanol–water partition coefficient (Wildman–Crippen LogP) is 1.21. The maximum atomic E-state index is 11.5. The number of carbonyl (C=O) groups excluding carboxylic acids is 1. The van der Waals surface area contributed by atoms with Crippen LogP contribution < -0.4 is 0 Å². The van der Waals surface area contributed by atoms with Gasteiger partial charge in [0.1, 0.15) is 0 Å². The number of carbonyl (C=O) groups is 1. The Kier molecular flexibility index (Phi) is 6.52. The molecule has 1 aliphatic heterocycles. The first kappa shape index (κ1) is 14.5. The zero-order valence-corrected chi connectivity index (χ0v) is 11.4. The van der Waals surface area contributed by atoms with Crippen LogP contribution in [-0.4, -0.2) is 61.6 Å². The molecule has 1 aliphatic rings. The van der Waals surface area contributed by atoms with Gasteiger partial charge in [0, 0.05) is 32.7 Å². The summed E-state index contributed by atoms with van der Waals surface area (Å²) in [7, 11) is 0. The van der Waals surface area contributed by atoms with Crippen molar-refractivity contribution in [2.24, 2.45) is 5.92 Å². The van der Waals surface area contributed by atoms with Crippen molar-refractivity contribution >= 4 is 5.97 Å². The van der Waals surface area contributed by atoms with Gasteiger partial charge in [-0.3, -0.25) is 9.69 Å². The summed E-state index contributed by atoms with van der Waals surface area (Å²) in [6.45, 7) is 12.8. The number of esters is 1. The second-order valence-electron chi connectivity index (χ2n) is 5.19. The van der Waals surface area contributed by atoms with Crippen LogP contribution in [0.25, 0.3) is 0 Å². The molecule has 4 nitrogen and oxygen atoms in total. The summed E-state index contributed by atoms with van der Waals surface area (Å²) >= 11 is 0. The first-order valence-corrected chi connectivity index (χ1v) is 6.72. The van der Waals surface area contributed by atoms with Gasteiger partial charge in [-0.15, -0.1) is 0 Å². The molecule has 0 amide bonds. The highest BCUT2D eigenvalue weighted by molar-refractivity contribution is 5.71. The third-order valence-corrected chi connectivity index (χ3v) is 2.91. The Morgan fingerprint density at radius 1 is 1.18 bits per heavy atom. The molecule has 1 rings (SSSR count). The summed E-state index contributed by atoms with van der Waals surface area (Å²) in [6.07, 6.45) is 0.897. The van der Waals surface area contributed by atoms with Gasteiger partial charge in [0.15, 0.2) is 0 Å². The highest BCUT2D eigenvalue weighted by Crippen LogP contribution is 2.05. The quantitative estimate of drug-likeness (QED) is 0.656. The van der Waals surface area contributed by atoms with Gasteiger partial charge in [0.05, 0.1) is 13.2 Å². The Labute approximate surface area is 105 Å². The first-order valence-electron chi connectivity index (χ1n) is 6.72. The van der Waals surface area contributed by atoms with Crippen LogP contribution in [0, 0.1) is 5.92 Å². The average molecular weight is 242 g/mol. The monoisotopic (exact) mass is 242 g/mol. The second-order valence-corrected chi connectivity index (χ2v) is 5.19. The normalized spacial score (nSPS) is 18.6. The predicted molar refractivity (Wildman–Crippen MR) is 69.0 cm³/mol. The van der Waals surface area contributed by atoms with Gasteiger partial charge < -0.3 is 9.64 Å². The van der Waals surface area contributed by atoms with E-state index in [0.29, 0.717) is 13.2 Å². The summed E-state index contributed by atoms with van der Waals surface area (Å²) < 4.78 is 5.09. The summed E-state index contributed by atoms with van der Waals surface area (Å²) in [5, 5.41) is 0. The van der Waals surface area contributed by atoms with Crippen molar-refractivity contribution in [3.8, 4) is 0 Å². The fourth-order valence-corrected chi connectivity index (χ4v) is 2.09. The maximum absolute atomic E-state index is 11.5. The van der Waals surface area contributed by atoms with Gasteiger partial charge >= 0.3 is 5.97 Å². The summed E-state index contributed by atoms with van der Waals surface area (Å²) in [5.74, 6) is 0.639. The highest BCUT2D eigenvalue weighted by Gasteiger charge is 2.19. The Balaban J connectivity index is 2.16. The van der Waals surface area contributed by atoms with Crippen LogP contribution in [0.1, 0.15) is 27.2 Å². The Morgan fingerprint density at radius 2 is 1.76 bits per heavy atom. The SMILES string of the molecule is CCCOC(=O)CN1CCN(CC(C)C)CC1. The van der Waals surface area contributed by atoms with Crippen molar-refractivity contribution in [3.63, 3.8) is 0 Å². The van der Waals surface area contributed by atoms with E-state index in [4.69, 9.17) is 4.74 Å². The smallest absolute Gasteiger partial charge is 0.320 e. The number of nitrogens with zero attached hydrogens (tertiary/aromatic N) is 2. The van der Waals surface area contributed by atoms with Gasteiger partial charge in [-0.1, -0.05) is 20.8 Å². The van der Waals surface area contributed by atoms with Crippen LogP contribution in [0.15, 0.2) is 0 Å². The third-order valence-electron chi connectivity index (χ3n) is 2.91. The Bertz CT molecular complexity index is 223. The van der Waals surface area contributed by atoms with Crippen molar-refractivity contribution < 1.29 is 9.53 Å². The molecule has 0 aromatic rings. The maximum Gasteiger partial charge on any atom is 0.320 e. The van der Waals surface area contributed by atoms with E-state index in [2.05, 4.69) is 23.6 Å². The van der Waals surface area contributed by atoms with Crippen molar-refractivity contribution in [1.82, 2.24) is 9.80 Å². The van der Waals surface area contributed by atoms with Gasteiger partial charge in [0.2, 0.25) is 0 Å². The van der Waals surface area contributed by atoms with Crippen molar-refractivity contribution in [2.45, 2.75) is 27.2 Å². The zero-order chi connectivity index (χ0) is 12.7. The first-order chi connectivity index (χ1) is 8.11. The second kappa shape index (κ2) is 7.67. The van der Waals surface area contributed by atoms with Gasteiger partial charge in [-0.25, -0.2) is 0 Å². The number of rotatable bonds is 6. The molecule has 0 spiro atoms. The molecule has 17 heavy (non-hydrogen) atoms. The summed E-state index contributed by atoms with van der Waals surface area (Å²) in [6, 6.07) is 0. The van der Waals surface area contributed by atoms with Crippen LogP contribution in [0.5, 0.6) is 0 Å². The molecule has 1 heterocycles. The molecule has 0 aromatic carbocycles. The Morgan fingerprint density at radius 3 is 2.29 bits per heavy atom. The molecule has 0 radical (unpaired) electrons. The lowest BCUT2D eigenvalue weighted by molar-refractivity contribution is -0.145. The van der Waals surface area contributed by atoms with Gasteiger partial charge in [0.25, 0.3) is 0 Å². The minimum absolute atomic E-state index is 0.0795. The fraction of sp³-hybridized carbons (Fsp3) is 0.923. The largest absolute Gasteiger partial charge is 0.465 e. The fourth-order valence-electron chi connectivity index (χ4n) is 2.09. The molecule has 0 N–H and O–H groups in total.